The second-order valence-corrected chi connectivity index (χ2v) is 15.3. The van der Waals surface area contributed by atoms with Gasteiger partial charge in [0, 0.05) is 36.2 Å². The van der Waals surface area contributed by atoms with Crippen molar-refractivity contribution in [2.24, 2.45) is 0 Å². The Hall–Kier alpha value is -2.77. The number of hydrogen-bond donors (Lipinski definition) is 2. The van der Waals surface area contributed by atoms with Gasteiger partial charge in [-0.05, 0) is 75.4 Å². The lowest BCUT2D eigenvalue weighted by atomic mass is 9.88. The predicted molar refractivity (Wildman–Crippen MR) is 154 cm³/mol. The third kappa shape index (κ3) is 5.80. The molecular formula is C29H35N3O7S2. The first-order valence-corrected chi connectivity index (χ1v) is 17.1. The molecule has 1 aliphatic carbocycles. The topological polar surface area (TPSA) is 135 Å². The van der Waals surface area contributed by atoms with Gasteiger partial charge in [0.25, 0.3) is 0 Å². The van der Waals surface area contributed by atoms with Crippen LogP contribution in [0, 0.1) is 0 Å². The minimum atomic E-state index is -3.93. The molecule has 41 heavy (non-hydrogen) atoms. The number of fused-ring (bicyclic) bond motifs is 1. The summed E-state index contributed by atoms with van der Waals surface area (Å²) in [7, 11) is -7.17. The molecule has 3 fully saturated rings. The van der Waals surface area contributed by atoms with E-state index in [0.29, 0.717) is 60.7 Å². The molecule has 2 aromatic carbocycles. The monoisotopic (exact) mass is 601 g/mol. The number of sulfonamides is 1. The summed E-state index contributed by atoms with van der Waals surface area (Å²) in [4.78, 5) is 16.0. The molecule has 12 heteroatoms. The molecule has 2 aliphatic heterocycles. The zero-order chi connectivity index (χ0) is 28.7. The molecule has 2 N–H and O–H groups in total. The molecule has 3 aromatic rings. The highest BCUT2D eigenvalue weighted by Crippen LogP contribution is 2.37. The lowest BCUT2D eigenvalue weighted by Gasteiger charge is -2.37. The maximum absolute atomic E-state index is 13.3. The second kappa shape index (κ2) is 11.1. The van der Waals surface area contributed by atoms with Crippen LogP contribution in [0.3, 0.4) is 0 Å². The summed E-state index contributed by atoms with van der Waals surface area (Å²) < 4.78 is 65.0. The zero-order valence-electron chi connectivity index (χ0n) is 22.8. The molecule has 1 spiro atoms. The Morgan fingerprint density at radius 1 is 1.05 bits per heavy atom. The summed E-state index contributed by atoms with van der Waals surface area (Å²) in [6, 6.07) is 13.8. The molecule has 2 saturated heterocycles. The Balaban J connectivity index is 0.966. The summed E-state index contributed by atoms with van der Waals surface area (Å²) in [5.74, 6) is 0.558. The fourth-order valence-electron chi connectivity index (χ4n) is 5.82. The second-order valence-electron chi connectivity index (χ2n) is 11.2. The molecule has 10 nitrogen and oxygen atoms in total. The summed E-state index contributed by atoms with van der Waals surface area (Å²) in [6.45, 7) is 2.32. The average molecular weight is 602 g/mol. The molecule has 6 rings (SSSR count). The van der Waals surface area contributed by atoms with Crippen LogP contribution in [0.4, 0.5) is 0 Å². The molecule has 3 aliphatic rings. The molecule has 220 valence electrons. The van der Waals surface area contributed by atoms with Gasteiger partial charge in [-0.3, -0.25) is 4.79 Å². The Kier molecular flexibility index (Phi) is 7.70. The highest BCUT2D eigenvalue weighted by molar-refractivity contribution is 7.92. The molecule has 0 unspecified atom stereocenters. The third-order valence-electron chi connectivity index (χ3n) is 8.33. The Morgan fingerprint density at radius 2 is 1.83 bits per heavy atom. The van der Waals surface area contributed by atoms with E-state index >= 15 is 0 Å². The van der Waals surface area contributed by atoms with E-state index in [-0.39, 0.29) is 21.8 Å². The lowest BCUT2D eigenvalue weighted by molar-refractivity contribution is -0.0311. The molecular weight excluding hydrogens is 566 g/mol. The Morgan fingerprint density at radius 3 is 2.61 bits per heavy atom. The first-order chi connectivity index (χ1) is 19.7. The van der Waals surface area contributed by atoms with Crippen LogP contribution >= 0.6 is 0 Å². The average Bonchev–Trinajstić information content (AvgIpc) is 3.77. The molecule has 1 saturated carbocycles. The zero-order valence-corrected chi connectivity index (χ0v) is 24.4. The number of sulfone groups is 1. The third-order valence-corrected chi connectivity index (χ3v) is 12.5. The highest BCUT2D eigenvalue weighted by atomic mass is 32.2. The number of aromatic nitrogens is 1. The summed E-state index contributed by atoms with van der Waals surface area (Å²) in [5.41, 5.74) is -0.253. The molecule has 0 amide bonds. The fourth-order valence-corrected chi connectivity index (χ4v) is 9.00. The first kappa shape index (κ1) is 28.4. The van der Waals surface area contributed by atoms with Gasteiger partial charge >= 0.3 is 0 Å². The number of aromatic amines is 1. The minimum absolute atomic E-state index is 0.161. The number of nitrogens with one attached hydrogen (secondary N) is 2. The normalized spacial score (nSPS) is 21.4. The van der Waals surface area contributed by atoms with Gasteiger partial charge in [-0.1, -0.05) is 18.2 Å². The number of hydrogen-bond acceptors (Lipinski definition) is 8. The SMILES string of the molecule is O=c1c(S(=O)(=O)N2CCC3(CC2)C[C@@H](NCCCOc2cccc(S(=O)(=O)C4CC4)c2)CO3)c[nH]c2ccccc12. The van der Waals surface area contributed by atoms with Crippen LogP contribution in [0.2, 0.25) is 0 Å². The van der Waals surface area contributed by atoms with Crippen molar-refractivity contribution < 1.29 is 26.3 Å². The number of para-hydroxylation sites is 1. The van der Waals surface area contributed by atoms with E-state index < -0.39 is 25.3 Å². The predicted octanol–water partition coefficient (Wildman–Crippen LogP) is 2.84. The number of H-pyrrole nitrogens is 1. The van der Waals surface area contributed by atoms with E-state index in [1.165, 1.54) is 10.5 Å². The Bertz CT molecular complexity index is 1690. The minimum Gasteiger partial charge on any atom is -0.494 e. The quantitative estimate of drug-likeness (QED) is 0.339. The maximum Gasteiger partial charge on any atom is 0.248 e. The van der Waals surface area contributed by atoms with Crippen molar-refractivity contribution in [3.05, 3.63) is 65.0 Å². The summed E-state index contributed by atoms with van der Waals surface area (Å²) >= 11 is 0. The summed E-state index contributed by atoms with van der Waals surface area (Å²) in [6.07, 6.45) is 5.43. The van der Waals surface area contributed by atoms with Gasteiger partial charge in [-0.2, -0.15) is 4.31 Å². The van der Waals surface area contributed by atoms with Crippen molar-refractivity contribution in [3.8, 4) is 5.75 Å². The largest absolute Gasteiger partial charge is 0.494 e. The van der Waals surface area contributed by atoms with E-state index in [2.05, 4.69) is 10.3 Å². The smallest absolute Gasteiger partial charge is 0.248 e. The van der Waals surface area contributed by atoms with E-state index in [4.69, 9.17) is 9.47 Å². The van der Waals surface area contributed by atoms with Gasteiger partial charge in [0.15, 0.2) is 9.84 Å². The molecule has 0 radical (unpaired) electrons. The fraction of sp³-hybridized carbons (Fsp3) is 0.483. The van der Waals surface area contributed by atoms with Crippen molar-refractivity contribution in [2.75, 3.05) is 32.8 Å². The number of ether oxygens (including phenoxy) is 2. The Labute approximate surface area is 240 Å². The van der Waals surface area contributed by atoms with Gasteiger partial charge in [0.1, 0.15) is 10.6 Å². The first-order valence-electron chi connectivity index (χ1n) is 14.1. The van der Waals surface area contributed by atoms with Crippen LogP contribution in [-0.2, 0) is 24.6 Å². The van der Waals surface area contributed by atoms with E-state index in [9.17, 15) is 21.6 Å². The summed E-state index contributed by atoms with van der Waals surface area (Å²) in [5, 5.41) is 3.62. The van der Waals surface area contributed by atoms with Crippen LogP contribution in [-0.4, -0.2) is 75.9 Å². The van der Waals surface area contributed by atoms with E-state index in [1.54, 1.807) is 48.5 Å². The van der Waals surface area contributed by atoms with Gasteiger partial charge in [0.05, 0.1) is 29.0 Å². The van der Waals surface area contributed by atoms with Crippen molar-refractivity contribution >= 4 is 30.8 Å². The van der Waals surface area contributed by atoms with Crippen LogP contribution in [0.1, 0.15) is 38.5 Å². The van der Waals surface area contributed by atoms with Gasteiger partial charge < -0.3 is 19.8 Å². The van der Waals surface area contributed by atoms with Crippen LogP contribution in [0.5, 0.6) is 5.75 Å². The molecule has 1 aromatic heterocycles. The van der Waals surface area contributed by atoms with Crippen LogP contribution in [0.15, 0.2) is 69.3 Å². The molecule has 1 atom stereocenters. The van der Waals surface area contributed by atoms with E-state index in [0.717, 1.165) is 32.2 Å². The maximum atomic E-state index is 13.3. The lowest BCUT2D eigenvalue weighted by Crippen LogP contribution is -2.47. The standard InChI is InChI=1S/C29H35N3O7S2/c33-28-25-7-1-2-8-26(25)31-19-27(28)41(36,37)32-14-11-29(12-15-32)18-21(20-39-29)30-13-4-16-38-22-5-3-6-24(17-22)40(34,35)23-9-10-23/h1-3,5-8,17,19,21,23,30H,4,9-16,18,20H2,(H,31,33)/t21-/m1/s1. The molecule has 3 heterocycles. The van der Waals surface area contributed by atoms with Crippen LogP contribution in [0.25, 0.3) is 10.9 Å². The van der Waals surface area contributed by atoms with E-state index in [1.807, 2.05) is 0 Å². The van der Waals surface area contributed by atoms with Crippen molar-refractivity contribution in [2.45, 2.75) is 65.2 Å². The highest BCUT2D eigenvalue weighted by Gasteiger charge is 2.45. The number of pyridine rings is 1. The van der Waals surface area contributed by atoms with Gasteiger partial charge in [0.2, 0.25) is 15.5 Å². The number of nitrogens with zero attached hydrogens (tertiary/aromatic N) is 1. The van der Waals surface area contributed by atoms with Gasteiger partial charge in [-0.25, -0.2) is 16.8 Å². The number of rotatable bonds is 10. The number of benzene rings is 2. The van der Waals surface area contributed by atoms with Crippen molar-refractivity contribution in [1.29, 1.82) is 0 Å². The van der Waals surface area contributed by atoms with Gasteiger partial charge in [-0.15, -0.1) is 0 Å². The number of piperidine rings is 1. The molecule has 0 bridgehead atoms. The van der Waals surface area contributed by atoms with Crippen molar-refractivity contribution in [3.63, 3.8) is 0 Å². The van der Waals surface area contributed by atoms with Crippen LogP contribution < -0.4 is 15.5 Å². The van der Waals surface area contributed by atoms with Crippen molar-refractivity contribution in [1.82, 2.24) is 14.6 Å².